The van der Waals surface area contributed by atoms with E-state index in [-0.39, 0.29) is 10.5 Å². The van der Waals surface area contributed by atoms with Crippen molar-refractivity contribution in [3.8, 4) is 0 Å². The third-order valence-corrected chi connectivity index (χ3v) is 13.1. The predicted octanol–water partition coefficient (Wildman–Crippen LogP) is 6.53. The highest BCUT2D eigenvalue weighted by Gasteiger charge is 2.61. The van der Waals surface area contributed by atoms with Gasteiger partial charge in [0.25, 0.3) is 0 Å². The minimum Gasteiger partial charge on any atom is -0.227 e. The van der Waals surface area contributed by atoms with Crippen molar-refractivity contribution >= 4 is 54.9 Å². The molecule has 2 fully saturated rings. The Labute approximate surface area is 189 Å². The van der Waals surface area contributed by atoms with Gasteiger partial charge in [-0.1, -0.05) is 72.8 Å². The van der Waals surface area contributed by atoms with Crippen molar-refractivity contribution in [2.24, 2.45) is 0 Å². The van der Waals surface area contributed by atoms with E-state index in [9.17, 15) is 8.42 Å². The summed E-state index contributed by atoms with van der Waals surface area (Å²) in [5.41, 5.74) is 4.69. The molecule has 31 heavy (non-hydrogen) atoms. The first kappa shape index (κ1) is 17.6. The van der Waals surface area contributed by atoms with E-state index < -0.39 is 20.3 Å². The van der Waals surface area contributed by atoms with Gasteiger partial charge in [0.05, 0.1) is 0 Å². The zero-order chi connectivity index (χ0) is 20.5. The molecule has 0 radical (unpaired) electrons. The van der Waals surface area contributed by atoms with Crippen molar-refractivity contribution in [3.05, 3.63) is 95.1 Å². The number of sulfone groups is 1. The normalized spacial score (nSPS) is 31.9. The second-order valence-electron chi connectivity index (χ2n) is 9.06. The molecule has 2 aliphatic carbocycles. The minimum atomic E-state index is -3.42. The van der Waals surface area contributed by atoms with Crippen LogP contribution in [0.4, 0.5) is 0 Å². The summed E-state index contributed by atoms with van der Waals surface area (Å²) in [5, 5.41) is 4.75. The Morgan fingerprint density at radius 1 is 0.548 bits per heavy atom. The third kappa shape index (κ3) is 2.15. The van der Waals surface area contributed by atoms with Gasteiger partial charge < -0.3 is 0 Å². The van der Waals surface area contributed by atoms with Crippen molar-refractivity contribution < 1.29 is 8.42 Å². The first-order valence-electron chi connectivity index (χ1n) is 10.7. The van der Waals surface area contributed by atoms with E-state index in [2.05, 4.69) is 60.7 Å². The average Bonchev–Trinajstić information content (AvgIpc) is 3.69. The summed E-state index contributed by atoms with van der Waals surface area (Å²) in [5.74, 6) is 0. The number of rotatable bonds is 2. The van der Waals surface area contributed by atoms with Crippen LogP contribution in [0, 0.1) is 0 Å². The molecule has 0 spiro atoms. The first-order valence-corrected chi connectivity index (χ1v) is 14.2. The summed E-state index contributed by atoms with van der Waals surface area (Å²) in [7, 11) is -3.42. The summed E-state index contributed by atoms with van der Waals surface area (Å²) in [6.07, 6.45) is 0. The Balaban J connectivity index is 1.38. The third-order valence-electron chi connectivity index (χ3n) is 7.52. The molecule has 0 saturated carbocycles. The zero-order valence-corrected chi connectivity index (χ0v) is 18.9. The van der Waals surface area contributed by atoms with E-state index in [4.69, 9.17) is 0 Å². The molecule has 0 aromatic heterocycles. The van der Waals surface area contributed by atoms with Crippen LogP contribution in [-0.2, 0) is 9.84 Å². The lowest BCUT2D eigenvalue weighted by atomic mass is 9.88. The molecule has 0 N–H and O–H groups in total. The average molecular weight is 459 g/mol. The maximum atomic E-state index is 14.5. The number of benzene rings is 4. The van der Waals surface area contributed by atoms with Crippen LogP contribution in [0.25, 0.3) is 21.5 Å². The summed E-state index contributed by atoms with van der Waals surface area (Å²) in [4.78, 5) is 0. The lowest BCUT2D eigenvalue weighted by Gasteiger charge is -2.31. The molecule has 6 unspecified atom stereocenters. The molecule has 152 valence electrons. The number of thioether (sulfide) groups is 2. The van der Waals surface area contributed by atoms with E-state index in [0.29, 0.717) is 10.5 Å². The maximum absolute atomic E-state index is 14.5. The van der Waals surface area contributed by atoms with Crippen molar-refractivity contribution in [2.45, 2.75) is 31.5 Å². The van der Waals surface area contributed by atoms with Crippen LogP contribution in [0.1, 0.15) is 43.3 Å². The fourth-order valence-electron chi connectivity index (χ4n) is 6.20. The Morgan fingerprint density at radius 2 is 0.935 bits per heavy atom. The van der Waals surface area contributed by atoms with Gasteiger partial charge in [-0.25, -0.2) is 8.42 Å². The molecule has 2 saturated heterocycles. The van der Waals surface area contributed by atoms with Gasteiger partial charge in [0.2, 0.25) is 0 Å². The molecule has 2 heterocycles. The maximum Gasteiger partial charge on any atom is 0.166 e. The molecular formula is C26H18O2S3. The van der Waals surface area contributed by atoms with Crippen LogP contribution in [0.3, 0.4) is 0 Å². The van der Waals surface area contributed by atoms with Gasteiger partial charge in [-0.15, -0.1) is 23.5 Å². The monoisotopic (exact) mass is 458 g/mol. The molecule has 0 amide bonds. The van der Waals surface area contributed by atoms with Gasteiger partial charge in [0.1, 0.15) is 10.5 Å². The number of hydrogen-bond donors (Lipinski definition) is 0. The van der Waals surface area contributed by atoms with Gasteiger partial charge in [-0.2, -0.15) is 0 Å². The molecular weight excluding hydrogens is 440 g/mol. The lowest BCUT2D eigenvalue weighted by molar-refractivity contribution is 0.565. The number of fused-ring (bicyclic) bond motifs is 4. The largest absolute Gasteiger partial charge is 0.227 e. The van der Waals surface area contributed by atoms with Gasteiger partial charge in [-0.05, 0) is 43.8 Å². The Kier molecular flexibility index (Phi) is 3.23. The van der Waals surface area contributed by atoms with E-state index in [1.165, 1.54) is 21.9 Å². The van der Waals surface area contributed by atoms with Gasteiger partial charge in [-0.3, -0.25) is 0 Å². The van der Waals surface area contributed by atoms with E-state index >= 15 is 0 Å². The molecule has 4 aliphatic rings. The molecule has 8 rings (SSSR count). The second kappa shape index (κ2) is 5.69. The standard InChI is InChI=1S/C26H18O2S3/c27-31(28,25-17-11-3-7-13-5-1-9-15(19(13)17)21-23(25)29-21)26-18-12-4-8-14-6-2-10-16(20(14)18)22-24(26)30-22/h1-12,21-26H. The van der Waals surface area contributed by atoms with E-state index in [0.717, 1.165) is 21.9 Å². The van der Waals surface area contributed by atoms with Crippen LogP contribution in [0.15, 0.2) is 72.8 Å². The smallest absolute Gasteiger partial charge is 0.166 e. The number of hydrogen-bond acceptors (Lipinski definition) is 4. The van der Waals surface area contributed by atoms with Crippen LogP contribution < -0.4 is 0 Å². The van der Waals surface area contributed by atoms with Crippen LogP contribution >= 0.6 is 23.5 Å². The molecule has 2 aliphatic heterocycles. The highest BCUT2D eigenvalue weighted by Crippen LogP contribution is 2.72. The van der Waals surface area contributed by atoms with Crippen molar-refractivity contribution in [1.82, 2.24) is 0 Å². The van der Waals surface area contributed by atoms with Crippen molar-refractivity contribution in [2.75, 3.05) is 0 Å². The van der Waals surface area contributed by atoms with Crippen molar-refractivity contribution in [3.63, 3.8) is 0 Å². The fourth-order valence-corrected chi connectivity index (χ4v) is 12.6. The Hall–Kier alpha value is -1.95. The van der Waals surface area contributed by atoms with E-state index in [1.54, 1.807) is 0 Å². The molecule has 4 aromatic carbocycles. The van der Waals surface area contributed by atoms with Crippen LogP contribution in [0.5, 0.6) is 0 Å². The molecule has 6 atom stereocenters. The van der Waals surface area contributed by atoms with Crippen molar-refractivity contribution in [1.29, 1.82) is 0 Å². The quantitative estimate of drug-likeness (QED) is 0.320. The highest BCUT2D eigenvalue weighted by atomic mass is 32.2. The van der Waals surface area contributed by atoms with Gasteiger partial charge in [0.15, 0.2) is 9.84 Å². The molecule has 4 aromatic rings. The van der Waals surface area contributed by atoms with E-state index in [1.807, 2.05) is 35.7 Å². The molecule has 0 bridgehead atoms. The predicted molar refractivity (Wildman–Crippen MR) is 131 cm³/mol. The summed E-state index contributed by atoms with van der Waals surface area (Å²) in [6.45, 7) is 0. The first-order chi connectivity index (χ1) is 15.1. The molecule has 2 nitrogen and oxygen atoms in total. The highest BCUT2D eigenvalue weighted by molar-refractivity contribution is 8.09. The topological polar surface area (TPSA) is 34.1 Å². The lowest BCUT2D eigenvalue weighted by Crippen LogP contribution is -2.30. The Morgan fingerprint density at radius 3 is 1.35 bits per heavy atom. The van der Waals surface area contributed by atoms with Crippen LogP contribution in [0.2, 0.25) is 0 Å². The fraction of sp³-hybridized carbons (Fsp3) is 0.231. The summed E-state index contributed by atoms with van der Waals surface area (Å²) >= 11 is 3.67. The van der Waals surface area contributed by atoms with Gasteiger partial charge >= 0.3 is 0 Å². The van der Waals surface area contributed by atoms with Crippen LogP contribution in [-0.4, -0.2) is 18.9 Å². The Bertz CT molecular complexity index is 1440. The summed E-state index contributed by atoms with van der Waals surface area (Å²) in [6, 6.07) is 25.3. The summed E-state index contributed by atoms with van der Waals surface area (Å²) < 4.78 is 29.0. The minimum absolute atomic E-state index is 0.143. The molecule has 5 heteroatoms. The zero-order valence-electron chi connectivity index (χ0n) is 16.4. The second-order valence-corrected chi connectivity index (χ2v) is 13.9. The van der Waals surface area contributed by atoms with Gasteiger partial charge in [0, 0.05) is 21.0 Å². The SMILES string of the molecule is O=S(=O)(C1c2cccc3cccc(c23)C2SC21)C1c2cccc3cccc(c23)C2SC21.